The van der Waals surface area contributed by atoms with Gasteiger partial charge in [-0.2, -0.15) is 5.10 Å². The minimum absolute atomic E-state index is 0.0237. The molecule has 1 N–H and O–H groups in total. The summed E-state index contributed by atoms with van der Waals surface area (Å²) in [4.78, 5) is 27.0. The predicted octanol–water partition coefficient (Wildman–Crippen LogP) is 2.28. The monoisotopic (exact) mass is 319 g/mol. The second kappa shape index (κ2) is 6.31. The number of methoxy groups -OCH3 is 1. The zero-order valence-electron chi connectivity index (χ0n) is 12.2. The number of piperidine rings is 1. The third-order valence-corrected chi connectivity index (χ3v) is 4.93. The van der Waals surface area contributed by atoms with Crippen LogP contribution in [0.25, 0.3) is 0 Å². The molecule has 6 nitrogen and oxygen atoms in total. The van der Waals surface area contributed by atoms with Crippen molar-refractivity contribution in [3.63, 3.8) is 0 Å². The van der Waals surface area contributed by atoms with Gasteiger partial charge in [0, 0.05) is 30.9 Å². The number of thiophene rings is 1. The maximum Gasteiger partial charge on any atom is 0.348 e. The Kier molecular flexibility index (Phi) is 4.24. The Hall–Kier alpha value is -2.15. The molecule has 1 aliphatic rings. The Morgan fingerprint density at radius 2 is 2.18 bits per heavy atom. The molecule has 7 heteroatoms. The lowest BCUT2D eigenvalue weighted by Gasteiger charge is -2.31. The number of carbonyl (C=O) groups excluding carboxylic acids is 2. The minimum Gasteiger partial charge on any atom is -0.465 e. The number of aromatic nitrogens is 2. The van der Waals surface area contributed by atoms with Crippen molar-refractivity contribution in [2.75, 3.05) is 20.2 Å². The third kappa shape index (κ3) is 2.89. The first kappa shape index (κ1) is 14.8. The molecule has 22 heavy (non-hydrogen) atoms. The van der Waals surface area contributed by atoms with Crippen LogP contribution in [0.4, 0.5) is 0 Å². The van der Waals surface area contributed by atoms with E-state index in [2.05, 4.69) is 14.9 Å². The molecule has 0 unspecified atom stereocenters. The fraction of sp³-hybridized carbons (Fsp3) is 0.400. The van der Waals surface area contributed by atoms with Gasteiger partial charge in [-0.05, 0) is 31.0 Å². The fourth-order valence-electron chi connectivity index (χ4n) is 2.73. The highest BCUT2D eigenvalue weighted by Gasteiger charge is 2.27. The van der Waals surface area contributed by atoms with Crippen molar-refractivity contribution < 1.29 is 14.3 Å². The number of amides is 1. The lowest BCUT2D eigenvalue weighted by Crippen LogP contribution is -2.38. The summed E-state index contributed by atoms with van der Waals surface area (Å²) in [5.74, 6) is -0.136. The smallest absolute Gasteiger partial charge is 0.348 e. The van der Waals surface area contributed by atoms with Crippen LogP contribution in [0.1, 0.15) is 43.8 Å². The van der Waals surface area contributed by atoms with E-state index in [1.54, 1.807) is 18.3 Å². The van der Waals surface area contributed by atoms with Crippen molar-refractivity contribution in [2.24, 2.45) is 0 Å². The van der Waals surface area contributed by atoms with Crippen LogP contribution in [0, 0.1) is 0 Å². The summed E-state index contributed by atoms with van der Waals surface area (Å²) in [7, 11) is 1.34. The fourth-order valence-corrected chi connectivity index (χ4v) is 3.62. The number of hydrogen-bond acceptors (Lipinski definition) is 5. The molecule has 1 amide bonds. The molecule has 1 aliphatic heterocycles. The summed E-state index contributed by atoms with van der Waals surface area (Å²) < 4.78 is 4.68. The van der Waals surface area contributed by atoms with E-state index in [0.717, 1.165) is 25.1 Å². The van der Waals surface area contributed by atoms with Crippen LogP contribution in [-0.2, 0) is 4.74 Å². The molecule has 1 saturated heterocycles. The van der Waals surface area contributed by atoms with E-state index in [1.165, 1.54) is 18.4 Å². The number of esters is 1. The number of ether oxygens (including phenoxy) is 1. The van der Waals surface area contributed by atoms with Crippen LogP contribution < -0.4 is 0 Å². The Morgan fingerprint density at radius 1 is 1.36 bits per heavy atom. The highest BCUT2D eigenvalue weighted by atomic mass is 32.1. The summed E-state index contributed by atoms with van der Waals surface area (Å²) >= 11 is 1.18. The van der Waals surface area contributed by atoms with Gasteiger partial charge in [-0.15, -0.1) is 11.3 Å². The van der Waals surface area contributed by atoms with Crippen molar-refractivity contribution in [3.8, 4) is 0 Å². The molecule has 2 aromatic heterocycles. The second-order valence-corrected chi connectivity index (χ2v) is 6.34. The van der Waals surface area contributed by atoms with Crippen molar-refractivity contribution in [1.82, 2.24) is 15.1 Å². The number of likely N-dealkylation sites (tertiary alicyclic amines) is 1. The van der Waals surface area contributed by atoms with E-state index in [1.807, 2.05) is 11.0 Å². The van der Waals surface area contributed by atoms with Gasteiger partial charge in [-0.3, -0.25) is 9.89 Å². The van der Waals surface area contributed by atoms with E-state index in [0.29, 0.717) is 22.2 Å². The Balaban J connectivity index is 1.71. The lowest BCUT2D eigenvalue weighted by atomic mass is 9.95. The molecule has 2 aromatic rings. The number of nitrogens with one attached hydrogen (secondary N) is 1. The first-order valence-corrected chi connectivity index (χ1v) is 7.97. The first-order valence-electron chi connectivity index (χ1n) is 7.15. The Labute approximate surface area is 132 Å². The average Bonchev–Trinajstić information content (AvgIpc) is 3.25. The minimum atomic E-state index is -0.405. The van der Waals surface area contributed by atoms with Crippen LogP contribution in [0.5, 0.6) is 0 Å². The molecule has 1 atom stereocenters. The van der Waals surface area contributed by atoms with E-state index in [-0.39, 0.29) is 5.91 Å². The van der Waals surface area contributed by atoms with Gasteiger partial charge in [0.1, 0.15) is 4.88 Å². The topological polar surface area (TPSA) is 75.3 Å². The maximum absolute atomic E-state index is 12.6. The predicted molar refractivity (Wildman–Crippen MR) is 82.1 cm³/mol. The van der Waals surface area contributed by atoms with Gasteiger partial charge < -0.3 is 9.64 Å². The van der Waals surface area contributed by atoms with E-state index >= 15 is 0 Å². The average molecular weight is 319 g/mol. The van der Waals surface area contributed by atoms with Gasteiger partial charge in [0.15, 0.2) is 0 Å². The van der Waals surface area contributed by atoms with E-state index in [9.17, 15) is 9.59 Å². The summed E-state index contributed by atoms with van der Waals surface area (Å²) in [6.07, 6.45) is 3.74. The number of aromatic amines is 1. The molecule has 0 saturated carbocycles. The molecular formula is C15H17N3O3S. The van der Waals surface area contributed by atoms with Crippen LogP contribution in [0.2, 0.25) is 0 Å². The first-order chi connectivity index (χ1) is 10.7. The molecule has 3 heterocycles. The molecule has 1 fully saturated rings. The molecule has 3 rings (SSSR count). The standard InChI is InChI=1S/C15H17N3O3S/c1-21-15(20)13-5-4-12(22-13)14(19)18-8-2-3-10(9-18)11-6-7-16-17-11/h4-7,10H,2-3,8-9H2,1H3,(H,16,17)/t10-/m0/s1. The van der Waals surface area contributed by atoms with Crippen LogP contribution in [0.15, 0.2) is 24.4 Å². The molecule has 0 bridgehead atoms. The SMILES string of the molecule is COC(=O)c1ccc(C(=O)N2CCC[C@H](c3ccn[nH]3)C2)s1. The largest absolute Gasteiger partial charge is 0.465 e. The van der Waals surface area contributed by atoms with Crippen LogP contribution >= 0.6 is 11.3 Å². The summed E-state index contributed by atoms with van der Waals surface area (Å²) in [6.45, 7) is 1.42. The summed E-state index contributed by atoms with van der Waals surface area (Å²) in [6, 6.07) is 5.29. The summed E-state index contributed by atoms with van der Waals surface area (Å²) in [5, 5.41) is 6.97. The van der Waals surface area contributed by atoms with Crippen molar-refractivity contribution in [2.45, 2.75) is 18.8 Å². The number of rotatable bonds is 3. The van der Waals surface area contributed by atoms with E-state index < -0.39 is 5.97 Å². The quantitative estimate of drug-likeness (QED) is 0.881. The van der Waals surface area contributed by atoms with Crippen molar-refractivity contribution in [1.29, 1.82) is 0 Å². The van der Waals surface area contributed by atoms with Crippen molar-refractivity contribution in [3.05, 3.63) is 39.8 Å². The zero-order valence-corrected chi connectivity index (χ0v) is 13.1. The second-order valence-electron chi connectivity index (χ2n) is 5.26. The molecule has 0 aliphatic carbocycles. The highest BCUT2D eigenvalue weighted by Crippen LogP contribution is 2.27. The molecule has 116 valence electrons. The van der Waals surface area contributed by atoms with E-state index in [4.69, 9.17) is 0 Å². The van der Waals surface area contributed by atoms with Gasteiger partial charge >= 0.3 is 5.97 Å². The van der Waals surface area contributed by atoms with Gasteiger partial charge in [0.05, 0.1) is 12.0 Å². The number of carbonyl (C=O) groups is 2. The van der Waals surface area contributed by atoms with Gasteiger partial charge in [-0.25, -0.2) is 4.79 Å². The van der Waals surface area contributed by atoms with Crippen molar-refractivity contribution >= 4 is 23.2 Å². The number of H-pyrrole nitrogens is 1. The molecule has 0 aromatic carbocycles. The third-order valence-electron chi connectivity index (χ3n) is 3.87. The number of nitrogens with zero attached hydrogens (tertiary/aromatic N) is 2. The van der Waals surface area contributed by atoms with Crippen LogP contribution in [0.3, 0.4) is 0 Å². The molecule has 0 spiro atoms. The Morgan fingerprint density at radius 3 is 2.91 bits per heavy atom. The van der Waals surface area contributed by atoms with Gasteiger partial charge in [0.25, 0.3) is 5.91 Å². The lowest BCUT2D eigenvalue weighted by molar-refractivity contribution is 0.0606. The van der Waals surface area contributed by atoms with Gasteiger partial charge in [-0.1, -0.05) is 0 Å². The highest BCUT2D eigenvalue weighted by molar-refractivity contribution is 7.15. The maximum atomic E-state index is 12.6. The van der Waals surface area contributed by atoms with Gasteiger partial charge in [0.2, 0.25) is 0 Å². The number of hydrogen-bond donors (Lipinski definition) is 1. The molecule has 0 radical (unpaired) electrons. The van der Waals surface area contributed by atoms with Crippen LogP contribution in [-0.4, -0.2) is 47.2 Å². The normalized spacial score (nSPS) is 18.2. The summed E-state index contributed by atoms with van der Waals surface area (Å²) in [5.41, 5.74) is 1.07. The zero-order chi connectivity index (χ0) is 15.5. The molecular weight excluding hydrogens is 302 g/mol. The Bertz CT molecular complexity index is 665.